The molecule has 2 atom stereocenters. The Labute approximate surface area is 215 Å². The lowest BCUT2D eigenvalue weighted by atomic mass is 9.98. The van der Waals surface area contributed by atoms with Gasteiger partial charge < -0.3 is 29.4 Å². The van der Waals surface area contributed by atoms with Crippen LogP contribution in [0.1, 0.15) is 65.6 Å². The van der Waals surface area contributed by atoms with Gasteiger partial charge in [0.1, 0.15) is 11.4 Å². The Bertz CT molecular complexity index is 721. The fraction of sp³-hybridized carbons (Fsp3) is 0.750. The van der Waals surface area contributed by atoms with Gasteiger partial charge in [-0.3, -0.25) is 4.99 Å². The van der Waals surface area contributed by atoms with E-state index in [9.17, 15) is 4.79 Å². The van der Waals surface area contributed by atoms with Gasteiger partial charge in [-0.25, -0.2) is 4.79 Å². The highest BCUT2D eigenvalue weighted by Gasteiger charge is 2.45. The van der Waals surface area contributed by atoms with Crippen LogP contribution < -0.4 is 10.6 Å². The number of nitrogens with zero attached hydrogens (tertiary/aromatic N) is 2. The highest BCUT2D eigenvalue weighted by Crippen LogP contribution is 2.36. The second-order valence-corrected chi connectivity index (χ2v) is 9.62. The second kappa shape index (κ2) is 13.4. The molecule has 0 aliphatic carbocycles. The molecule has 1 aromatic rings. The number of ether oxygens (including phenoxy) is 2. The summed E-state index contributed by atoms with van der Waals surface area (Å²) in [5.74, 6) is 1.78. The van der Waals surface area contributed by atoms with Gasteiger partial charge in [0.25, 0.3) is 0 Å². The van der Waals surface area contributed by atoms with E-state index in [0.717, 1.165) is 70.0 Å². The van der Waals surface area contributed by atoms with E-state index < -0.39 is 5.60 Å². The molecule has 2 bridgehead atoms. The van der Waals surface area contributed by atoms with Crippen LogP contribution in [-0.4, -0.2) is 67.0 Å². The molecule has 0 saturated carbocycles. The molecule has 0 radical (unpaired) electrons. The van der Waals surface area contributed by atoms with Gasteiger partial charge in [0.05, 0.1) is 6.26 Å². The lowest BCUT2D eigenvalue weighted by Gasteiger charge is -2.40. The smallest absolute Gasteiger partial charge is 0.410 e. The molecule has 2 aliphatic rings. The number of carbonyl (C=O) groups excluding carboxylic acids is 1. The molecular weight excluding hydrogens is 535 g/mol. The highest BCUT2D eigenvalue weighted by atomic mass is 127. The predicted molar refractivity (Wildman–Crippen MR) is 140 cm³/mol. The molecule has 9 heteroatoms. The van der Waals surface area contributed by atoms with Crippen LogP contribution in [0.25, 0.3) is 0 Å². The van der Waals surface area contributed by atoms with Crippen molar-refractivity contribution in [2.75, 3.05) is 26.3 Å². The van der Waals surface area contributed by atoms with Crippen LogP contribution >= 0.6 is 24.0 Å². The zero-order valence-corrected chi connectivity index (χ0v) is 22.8. The van der Waals surface area contributed by atoms with Crippen molar-refractivity contribution in [2.45, 2.75) is 89.9 Å². The molecule has 2 unspecified atom stereocenters. The SMILES string of the molecule is CCOCCCN=C(NCCc1ccco1)NC1CC2CCC(C1)N2C(=O)OC(C)(C)C.I. The zero-order valence-electron chi connectivity index (χ0n) is 20.5. The summed E-state index contributed by atoms with van der Waals surface area (Å²) in [7, 11) is 0. The zero-order chi connectivity index (χ0) is 23.0. The summed E-state index contributed by atoms with van der Waals surface area (Å²) in [6.45, 7) is 10.7. The number of hydrogen-bond donors (Lipinski definition) is 2. The number of carbonyl (C=O) groups is 1. The first-order valence-corrected chi connectivity index (χ1v) is 12.0. The number of furan rings is 1. The predicted octanol–water partition coefficient (Wildman–Crippen LogP) is 4.33. The molecule has 2 fully saturated rings. The van der Waals surface area contributed by atoms with Gasteiger partial charge in [0.2, 0.25) is 0 Å². The van der Waals surface area contributed by atoms with Crippen molar-refractivity contribution in [3.63, 3.8) is 0 Å². The maximum absolute atomic E-state index is 12.7. The summed E-state index contributed by atoms with van der Waals surface area (Å²) in [4.78, 5) is 19.5. The monoisotopic (exact) mass is 576 g/mol. The first-order valence-electron chi connectivity index (χ1n) is 12.0. The average Bonchev–Trinajstić information content (AvgIpc) is 3.32. The molecule has 2 aliphatic heterocycles. The normalized spacial score (nSPS) is 22.6. The van der Waals surface area contributed by atoms with Crippen molar-refractivity contribution in [2.24, 2.45) is 4.99 Å². The maximum Gasteiger partial charge on any atom is 0.410 e. The van der Waals surface area contributed by atoms with E-state index >= 15 is 0 Å². The minimum atomic E-state index is -0.467. The van der Waals surface area contributed by atoms with Gasteiger partial charge in [-0.05, 0) is 71.9 Å². The Morgan fingerprint density at radius 1 is 1.27 bits per heavy atom. The van der Waals surface area contributed by atoms with Crippen molar-refractivity contribution < 1.29 is 18.7 Å². The molecule has 1 aromatic heterocycles. The van der Waals surface area contributed by atoms with Crippen LogP contribution in [-0.2, 0) is 15.9 Å². The van der Waals surface area contributed by atoms with Crippen LogP contribution in [0.4, 0.5) is 4.79 Å². The van der Waals surface area contributed by atoms with E-state index in [-0.39, 0.29) is 48.2 Å². The van der Waals surface area contributed by atoms with Crippen LogP contribution in [0.15, 0.2) is 27.8 Å². The van der Waals surface area contributed by atoms with E-state index in [1.165, 1.54) is 0 Å². The van der Waals surface area contributed by atoms with Gasteiger partial charge in [-0.2, -0.15) is 0 Å². The second-order valence-electron chi connectivity index (χ2n) is 9.62. The number of rotatable bonds is 9. The van der Waals surface area contributed by atoms with Gasteiger partial charge in [-0.15, -0.1) is 24.0 Å². The van der Waals surface area contributed by atoms with Crippen molar-refractivity contribution in [3.8, 4) is 0 Å². The third-order valence-corrected chi connectivity index (χ3v) is 5.84. The lowest BCUT2D eigenvalue weighted by Crippen LogP contribution is -2.55. The van der Waals surface area contributed by atoms with E-state index in [4.69, 9.17) is 18.9 Å². The number of piperidine rings is 1. The number of nitrogens with one attached hydrogen (secondary N) is 2. The molecule has 0 aromatic carbocycles. The molecule has 3 rings (SSSR count). The molecule has 33 heavy (non-hydrogen) atoms. The molecule has 0 spiro atoms. The van der Waals surface area contributed by atoms with Crippen LogP contribution in [0.3, 0.4) is 0 Å². The molecule has 2 N–H and O–H groups in total. The topological polar surface area (TPSA) is 88.3 Å². The highest BCUT2D eigenvalue weighted by molar-refractivity contribution is 14.0. The minimum absolute atomic E-state index is 0. The van der Waals surface area contributed by atoms with Crippen molar-refractivity contribution in [3.05, 3.63) is 24.2 Å². The molecule has 1 amide bonds. The number of amides is 1. The average molecular weight is 577 g/mol. The molecule has 2 saturated heterocycles. The van der Waals surface area contributed by atoms with E-state index in [1.54, 1.807) is 6.26 Å². The molecular formula is C24H41IN4O4. The van der Waals surface area contributed by atoms with Crippen molar-refractivity contribution in [1.82, 2.24) is 15.5 Å². The summed E-state index contributed by atoms with van der Waals surface area (Å²) >= 11 is 0. The van der Waals surface area contributed by atoms with Gasteiger partial charge in [0, 0.05) is 50.8 Å². The number of hydrogen-bond acceptors (Lipinski definition) is 5. The summed E-state index contributed by atoms with van der Waals surface area (Å²) in [6.07, 6.45) is 7.11. The van der Waals surface area contributed by atoms with Gasteiger partial charge in [-0.1, -0.05) is 0 Å². The van der Waals surface area contributed by atoms with E-state index in [2.05, 4.69) is 10.6 Å². The number of fused-ring (bicyclic) bond motifs is 2. The first-order chi connectivity index (χ1) is 15.4. The maximum atomic E-state index is 12.7. The Kier molecular flexibility index (Phi) is 11.3. The lowest BCUT2D eigenvalue weighted by molar-refractivity contribution is 0.00545. The molecule has 188 valence electrons. The number of aliphatic imine (C=N–C) groups is 1. The standard InChI is InChI=1S/C24H40N4O4.HI/c1-5-30-14-7-12-25-22(26-13-11-21-8-6-15-31-21)27-18-16-19-9-10-20(17-18)28(19)23(29)32-24(2,3)4;/h6,8,15,18-20H,5,7,9-14,16-17H2,1-4H3,(H2,25,26,27);1H. The van der Waals surface area contributed by atoms with Gasteiger partial charge >= 0.3 is 6.09 Å². The molecule has 8 nitrogen and oxygen atoms in total. The van der Waals surface area contributed by atoms with E-state index in [0.29, 0.717) is 6.54 Å². The minimum Gasteiger partial charge on any atom is -0.469 e. The Morgan fingerprint density at radius 2 is 2.00 bits per heavy atom. The van der Waals surface area contributed by atoms with Crippen molar-refractivity contribution >= 4 is 36.0 Å². The number of guanidine groups is 1. The molecule has 3 heterocycles. The summed E-state index contributed by atoms with van der Waals surface area (Å²) in [5, 5.41) is 7.07. The van der Waals surface area contributed by atoms with E-state index in [1.807, 2.05) is 44.7 Å². The number of halogens is 1. The van der Waals surface area contributed by atoms with Crippen LogP contribution in [0.2, 0.25) is 0 Å². The Morgan fingerprint density at radius 3 is 2.61 bits per heavy atom. The quantitative estimate of drug-likeness (QED) is 0.197. The van der Waals surface area contributed by atoms with Gasteiger partial charge in [0.15, 0.2) is 5.96 Å². The van der Waals surface area contributed by atoms with Crippen LogP contribution in [0.5, 0.6) is 0 Å². The fourth-order valence-corrected chi connectivity index (χ4v) is 4.51. The third kappa shape index (κ3) is 8.99. The van der Waals surface area contributed by atoms with Crippen LogP contribution in [0, 0.1) is 0 Å². The largest absolute Gasteiger partial charge is 0.469 e. The fourth-order valence-electron chi connectivity index (χ4n) is 4.51. The Hall–Kier alpha value is -1.49. The summed E-state index contributed by atoms with van der Waals surface area (Å²) in [5.41, 5.74) is -0.467. The first kappa shape index (κ1) is 27.8. The Balaban J connectivity index is 0.00000385. The van der Waals surface area contributed by atoms with Crippen molar-refractivity contribution in [1.29, 1.82) is 0 Å². The summed E-state index contributed by atoms with van der Waals surface area (Å²) in [6, 6.07) is 4.63. The third-order valence-electron chi connectivity index (χ3n) is 5.84. The summed E-state index contributed by atoms with van der Waals surface area (Å²) < 4.78 is 16.5.